The molecule has 0 amide bonds. The van der Waals surface area contributed by atoms with Crippen LogP contribution in [0.4, 0.5) is 0 Å². The van der Waals surface area contributed by atoms with Crippen molar-refractivity contribution in [3.05, 3.63) is 0 Å². The second kappa shape index (κ2) is 2.74. The minimum Gasteiger partial charge on any atom is -0.281 e. The van der Waals surface area contributed by atoms with Gasteiger partial charge in [0.15, 0.2) is 0 Å². The van der Waals surface area contributed by atoms with E-state index in [1.54, 1.807) is 0 Å². The molecule has 1 heterocycles. The maximum Gasteiger partial charge on any atom is 0.0331 e. The van der Waals surface area contributed by atoms with Crippen molar-refractivity contribution in [2.45, 2.75) is 13.0 Å². The molecular weight excluding hydrogens is 121 g/mol. The summed E-state index contributed by atoms with van der Waals surface area (Å²) in [5.74, 6) is 0. The van der Waals surface area contributed by atoms with E-state index in [0.29, 0.717) is 14.9 Å². The Morgan fingerprint density at radius 3 is 2.88 bits per heavy atom. The molecule has 1 saturated heterocycles. The van der Waals surface area contributed by atoms with E-state index >= 15 is 0 Å². The van der Waals surface area contributed by atoms with Gasteiger partial charge in [0, 0.05) is 28.5 Å². The minimum absolute atomic E-state index is 0.639. The molecule has 0 bridgehead atoms. The highest BCUT2D eigenvalue weighted by molar-refractivity contribution is 7.33. The Kier molecular flexibility index (Phi) is 2.20. The molecule has 0 aliphatic carbocycles. The molecule has 1 aliphatic rings. The Morgan fingerprint density at radius 1 is 1.75 bits per heavy atom. The topological polar surface area (TPSA) is 27.3 Å². The van der Waals surface area contributed by atoms with Crippen molar-refractivity contribution in [3.8, 4) is 0 Å². The van der Waals surface area contributed by atoms with Crippen molar-refractivity contribution in [2.75, 3.05) is 13.6 Å². The van der Waals surface area contributed by atoms with Gasteiger partial charge in [0.2, 0.25) is 0 Å². The van der Waals surface area contributed by atoms with E-state index in [4.69, 9.17) is 0 Å². The maximum atomic E-state index is 3.29. The van der Waals surface area contributed by atoms with Gasteiger partial charge < -0.3 is 0 Å². The summed E-state index contributed by atoms with van der Waals surface area (Å²) in [7, 11) is 2.75. The van der Waals surface area contributed by atoms with E-state index < -0.39 is 0 Å². The zero-order valence-corrected chi connectivity index (χ0v) is 6.23. The van der Waals surface area contributed by atoms with Crippen LogP contribution >= 0.6 is 8.88 Å². The number of nitrogens with one attached hydrogen (secondary N) is 2. The van der Waals surface area contributed by atoms with Gasteiger partial charge in [-0.05, 0) is 6.92 Å². The van der Waals surface area contributed by atoms with Crippen LogP contribution in [-0.4, -0.2) is 24.6 Å². The van der Waals surface area contributed by atoms with Crippen LogP contribution in [0, 0.1) is 0 Å². The third-order valence-electron chi connectivity index (χ3n) is 1.11. The zero-order chi connectivity index (χ0) is 5.98. The fraction of sp³-hybridized carbons (Fsp3) is 1.00. The van der Waals surface area contributed by atoms with Gasteiger partial charge in [-0.1, -0.05) is 0 Å². The summed E-state index contributed by atoms with van der Waals surface area (Å²) in [6, 6.07) is 0.639. The fourth-order valence-corrected chi connectivity index (χ4v) is 1.44. The van der Waals surface area contributed by atoms with E-state index in [1.165, 1.54) is 0 Å². The summed E-state index contributed by atoms with van der Waals surface area (Å²) in [6.07, 6.45) is 0. The van der Waals surface area contributed by atoms with Crippen LogP contribution in [0.15, 0.2) is 0 Å². The third-order valence-corrected chi connectivity index (χ3v) is 2.24. The summed E-state index contributed by atoms with van der Waals surface area (Å²) in [4.78, 5) is 0. The first-order valence-corrected chi connectivity index (χ1v) is 3.76. The first kappa shape index (κ1) is 6.43. The SMILES string of the molecule is CC1CN(C)NPN1. The van der Waals surface area contributed by atoms with Gasteiger partial charge in [-0.3, -0.25) is 5.09 Å². The average molecular weight is 133 g/mol. The minimum atomic E-state index is 0.639. The molecule has 48 valence electrons. The fourth-order valence-electron chi connectivity index (χ4n) is 0.753. The Labute approximate surface area is 51.7 Å². The normalized spacial score (nSPS) is 36.0. The second-order valence-corrected chi connectivity index (χ2v) is 2.92. The quantitative estimate of drug-likeness (QED) is 0.453. The van der Waals surface area contributed by atoms with E-state index in [2.05, 4.69) is 29.3 Å². The first-order valence-electron chi connectivity index (χ1n) is 2.76. The van der Waals surface area contributed by atoms with Gasteiger partial charge in [-0.2, -0.15) is 0 Å². The van der Waals surface area contributed by atoms with Crippen molar-refractivity contribution < 1.29 is 0 Å². The standard InChI is InChI=1S/C4H12N3P/c1-4-3-7(2)6-8-5-4/h4-6,8H,3H2,1-2H3. The molecule has 3 nitrogen and oxygen atoms in total. The highest BCUT2D eigenvalue weighted by Gasteiger charge is 2.09. The van der Waals surface area contributed by atoms with Gasteiger partial charge >= 0.3 is 0 Å². The van der Waals surface area contributed by atoms with E-state index in [0.717, 1.165) is 6.54 Å². The van der Waals surface area contributed by atoms with Gasteiger partial charge in [0.1, 0.15) is 0 Å². The summed E-state index contributed by atoms with van der Waals surface area (Å²) in [6.45, 7) is 3.28. The zero-order valence-electron chi connectivity index (χ0n) is 5.23. The highest BCUT2D eigenvalue weighted by Crippen LogP contribution is 2.05. The molecule has 0 saturated carbocycles. The first-order chi connectivity index (χ1) is 3.79. The molecule has 2 atom stereocenters. The molecule has 1 rings (SSSR count). The van der Waals surface area contributed by atoms with Crippen LogP contribution in [0.1, 0.15) is 6.92 Å². The Morgan fingerprint density at radius 2 is 2.50 bits per heavy atom. The summed E-state index contributed by atoms with van der Waals surface area (Å²) in [5, 5.41) is 8.56. The predicted molar refractivity (Wildman–Crippen MR) is 36.7 cm³/mol. The molecule has 0 aromatic rings. The second-order valence-electron chi connectivity index (χ2n) is 2.16. The number of hydrogen-bond acceptors (Lipinski definition) is 3. The van der Waals surface area contributed by atoms with Crippen molar-refractivity contribution in [3.63, 3.8) is 0 Å². The van der Waals surface area contributed by atoms with Crippen molar-refractivity contribution in [1.82, 2.24) is 15.3 Å². The van der Waals surface area contributed by atoms with Crippen LogP contribution < -0.4 is 10.3 Å². The molecule has 0 aromatic carbocycles. The summed E-state index contributed by atoms with van der Waals surface area (Å²) in [5.41, 5.74) is 0. The lowest BCUT2D eigenvalue weighted by atomic mass is 10.4. The van der Waals surface area contributed by atoms with Crippen molar-refractivity contribution in [1.29, 1.82) is 0 Å². The van der Waals surface area contributed by atoms with Crippen LogP contribution in [-0.2, 0) is 0 Å². The lowest BCUT2D eigenvalue weighted by molar-refractivity contribution is 0.267. The van der Waals surface area contributed by atoms with Gasteiger partial charge in [-0.15, -0.1) is 0 Å². The number of nitrogens with zero attached hydrogens (tertiary/aromatic N) is 1. The Hall–Kier alpha value is 0.310. The van der Waals surface area contributed by atoms with E-state index in [-0.39, 0.29) is 0 Å². The lowest BCUT2D eigenvalue weighted by Gasteiger charge is -2.28. The smallest absolute Gasteiger partial charge is 0.0331 e. The van der Waals surface area contributed by atoms with Gasteiger partial charge in [-0.25, -0.2) is 10.2 Å². The Balaban J connectivity index is 2.23. The number of hydrogen-bond donors (Lipinski definition) is 2. The summed E-state index contributed by atoms with van der Waals surface area (Å²) < 4.78 is 0. The van der Waals surface area contributed by atoms with E-state index in [9.17, 15) is 0 Å². The van der Waals surface area contributed by atoms with E-state index in [1.807, 2.05) is 0 Å². The number of likely N-dealkylation sites (N-methyl/N-ethyl adjacent to an activating group) is 1. The number of rotatable bonds is 0. The van der Waals surface area contributed by atoms with Crippen LogP contribution in [0.25, 0.3) is 0 Å². The molecule has 1 fully saturated rings. The summed E-state index contributed by atoms with van der Waals surface area (Å²) >= 11 is 0. The highest BCUT2D eigenvalue weighted by atomic mass is 31.1. The molecule has 0 aromatic heterocycles. The number of hydrazine groups is 1. The Bertz CT molecular complexity index is 69.7. The van der Waals surface area contributed by atoms with Gasteiger partial charge in [0.05, 0.1) is 0 Å². The average Bonchev–Trinajstić information content (AvgIpc) is 1.64. The van der Waals surface area contributed by atoms with Crippen molar-refractivity contribution >= 4 is 8.88 Å². The maximum absolute atomic E-state index is 3.29. The van der Waals surface area contributed by atoms with Crippen LogP contribution in [0.5, 0.6) is 0 Å². The van der Waals surface area contributed by atoms with Crippen LogP contribution in [0.2, 0.25) is 0 Å². The molecule has 0 radical (unpaired) electrons. The molecule has 4 heteroatoms. The lowest BCUT2D eigenvalue weighted by Crippen LogP contribution is -2.45. The van der Waals surface area contributed by atoms with Crippen LogP contribution in [0.3, 0.4) is 0 Å². The molecule has 0 spiro atoms. The molecule has 2 unspecified atom stereocenters. The van der Waals surface area contributed by atoms with Crippen molar-refractivity contribution in [2.24, 2.45) is 0 Å². The van der Waals surface area contributed by atoms with Gasteiger partial charge in [0.25, 0.3) is 0 Å². The molecule has 8 heavy (non-hydrogen) atoms. The molecule has 1 aliphatic heterocycles. The predicted octanol–water partition coefficient (Wildman–Crippen LogP) is -0.0770. The molecular formula is C4H12N3P. The third kappa shape index (κ3) is 1.67. The monoisotopic (exact) mass is 133 g/mol. The molecule has 2 N–H and O–H groups in total. The largest absolute Gasteiger partial charge is 0.281 e.